The van der Waals surface area contributed by atoms with Crippen molar-refractivity contribution in [3.05, 3.63) is 137 Å². The number of rotatable bonds is 6. The van der Waals surface area contributed by atoms with Crippen molar-refractivity contribution in [1.82, 2.24) is 0 Å². The number of nitrogens with zero attached hydrogens (tertiary/aromatic N) is 1. The Balaban J connectivity index is 1.52. The summed E-state index contributed by atoms with van der Waals surface area (Å²) in [6, 6.07) is 31.0. The molecule has 7 rings (SSSR count). The topological polar surface area (TPSA) is 66.5 Å². The van der Waals surface area contributed by atoms with Gasteiger partial charge in [-0.2, -0.15) is 0 Å². The number of ketones is 2. The Labute approximate surface area is 245 Å². The minimum atomic E-state index is -1.31. The van der Waals surface area contributed by atoms with E-state index in [2.05, 4.69) is 23.2 Å². The Morgan fingerprint density at radius 3 is 2.24 bits per heavy atom. The van der Waals surface area contributed by atoms with E-state index in [9.17, 15) is 14.4 Å². The molecule has 208 valence electrons. The average molecular weight is 553 g/mol. The van der Waals surface area contributed by atoms with Gasteiger partial charge in [0.15, 0.2) is 11.6 Å². The highest BCUT2D eigenvalue weighted by Crippen LogP contribution is 2.58. The summed E-state index contributed by atoms with van der Waals surface area (Å²) in [5.74, 6) is -1.58. The molecule has 3 aliphatic rings. The summed E-state index contributed by atoms with van der Waals surface area (Å²) in [5.41, 5.74) is 5.21. The van der Waals surface area contributed by atoms with Crippen molar-refractivity contribution in [2.75, 3.05) is 10.2 Å². The van der Waals surface area contributed by atoms with E-state index in [1.807, 2.05) is 97.9 Å². The zero-order valence-electron chi connectivity index (χ0n) is 23.7. The molecule has 0 aliphatic carbocycles. The summed E-state index contributed by atoms with van der Waals surface area (Å²) >= 11 is 0. The molecule has 0 saturated carbocycles. The van der Waals surface area contributed by atoms with Crippen LogP contribution in [0.5, 0.6) is 0 Å². The largest absolute Gasteiger partial charge is 0.352 e. The third-order valence-electron chi connectivity index (χ3n) is 9.27. The lowest BCUT2D eigenvalue weighted by molar-refractivity contribution is -0.121. The molecule has 1 fully saturated rings. The van der Waals surface area contributed by atoms with E-state index < -0.39 is 23.4 Å². The van der Waals surface area contributed by atoms with E-state index in [4.69, 9.17) is 0 Å². The number of hydrogen-bond donors (Lipinski definition) is 1. The van der Waals surface area contributed by atoms with Gasteiger partial charge in [0, 0.05) is 28.1 Å². The lowest BCUT2D eigenvalue weighted by atomic mass is 9.64. The third kappa shape index (κ3) is 3.66. The first-order valence-corrected chi connectivity index (χ1v) is 14.7. The molecule has 3 heterocycles. The van der Waals surface area contributed by atoms with E-state index in [1.165, 1.54) is 0 Å². The Bertz CT molecular complexity index is 1760. The van der Waals surface area contributed by atoms with Crippen molar-refractivity contribution in [3.63, 3.8) is 0 Å². The van der Waals surface area contributed by atoms with Gasteiger partial charge in [-0.3, -0.25) is 14.4 Å². The van der Waals surface area contributed by atoms with Gasteiger partial charge in [-0.1, -0.05) is 110 Å². The predicted octanol–water partition coefficient (Wildman–Crippen LogP) is 6.89. The minimum Gasteiger partial charge on any atom is -0.352 e. The zero-order chi connectivity index (χ0) is 29.0. The third-order valence-corrected chi connectivity index (χ3v) is 9.27. The number of benzene rings is 4. The van der Waals surface area contributed by atoms with Gasteiger partial charge in [0.1, 0.15) is 11.5 Å². The van der Waals surface area contributed by atoms with Crippen molar-refractivity contribution >= 4 is 34.4 Å². The van der Waals surface area contributed by atoms with Crippen molar-refractivity contribution in [3.8, 4) is 0 Å². The van der Waals surface area contributed by atoms with Crippen molar-refractivity contribution in [1.29, 1.82) is 0 Å². The molecule has 0 aromatic heterocycles. The predicted molar refractivity (Wildman–Crippen MR) is 166 cm³/mol. The fraction of sp³-hybridized carbons (Fsp3) is 0.216. The number of anilines is 2. The van der Waals surface area contributed by atoms with Gasteiger partial charge in [0.05, 0.1) is 12.0 Å². The van der Waals surface area contributed by atoms with Gasteiger partial charge in [-0.15, -0.1) is 0 Å². The van der Waals surface area contributed by atoms with Crippen LogP contribution in [0.25, 0.3) is 5.57 Å². The molecule has 4 aromatic carbocycles. The fourth-order valence-corrected chi connectivity index (χ4v) is 7.46. The first kappa shape index (κ1) is 26.1. The van der Waals surface area contributed by atoms with Crippen LogP contribution in [0.4, 0.5) is 11.4 Å². The monoisotopic (exact) mass is 552 g/mol. The molecule has 4 aromatic rings. The molecular weight excluding hydrogens is 520 g/mol. The molecule has 1 spiro atoms. The van der Waals surface area contributed by atoms with Gasteiger partial charge < -0.3 is 10.2 Å². The normalized spacial score (nSPS) is 23.6. The number of amides is 1. The standard InChI is InChI=1S/C37H32N2O3/c1-3-11-24-18-20-26(21-19-24)34(40)32-33(35(41)25-12-5-4-6-13-25)39-30-17-10-7-14-27(30)23(2)22-31(39)37(32)28-15-8-9-16-29(28)38-36(37)42/h4-10,12-22,31-33H,3,11H2,1-2H3,(H,38,42)/t31-,32-,33+,37+/m1/s1. The van der Waals surface area contributed by atoms with Crippen LogP contribution >= 0.6 is 0 Å². The van der Waals surface area contributed by atoms with E-state index in [0.717, 1.165) is 40.8 Å². The molecule has 5 nitrogen and oxygen atoms in total. The Morgan fingerprint density at radius 2 is 1.48 bits per heavy atom. The summed E-state index contributed by atoms with van der Waals surface area (Å²) in [4.78, 5) is 46.2. The molecule has 5 heteroatoms. The maximum atomic E-state index is 14.9. The van der Waals surface area contributed by atoms with Crippen LogP contribution in [-0.2, 0) is 16.6 Å². The van der Waals surface area contributed by atoms with Gasteiger partial charge in [-0.05, 0) is 42.2 Å². The first-order valence-electron chi connectivity index (χ1n) is 14.7. The van der Waals surface area contributed by atoms with Crippen LogP contribution in [0.15, 0.2) is 109 Å². The molecule has 1 amide bonds. The highest BCUT2D eigenvalue weighted by molar-refractivity contribution is 6.18. The summed E-state index contributed by atoms with van der Waals surface area (Å²) in [7, 11) is 0. The number of carbonyl (C=O) groups excluding carboxylic acids is 3. The van der Waals surface area contributed by atoms with Crippen LogP contribution in [0.3, 0.4) is 0 Å². The van der Waals surface area contributed by atoms with Crippen molar-refractivity contribution < 1.29 is 14.4 Å². The number of allylic oxidation sites excluding steroid dienone is 1. The smallest absolute Gasteiger partial charge is 0.238 e. The number of nitrogens with one attached hydrogen (secondary N) is 1. The van der Waals surface area contributed by atoms with Crippen LogP contribution in [0.2, 0.25) is 0 Å². The van der Waals surface area contributed by atoms with Gasteiger partial charge in [0.25, 0.3) is 0 Å². The molecule has 0 unspecified atom stereocenters. The molecule has 1 N–H and O–H groups in total. The molecule has 0 bridgehead atoms. The summed E-state index contributed by atoms with van der Waals surface area (Å²) in [6.45, 7) is 4.17. The quantitative estimate of drug-likeness (QED) is 0.265. The maximum Gasteiger partial charge on any atom is 0.238 e. The first-order chi connectivity index (χ1) is 20.5. The molecule has 42 heavy (non-hydrogen) atoms. The van der Waals surface area contributed by atoms with E-state index in [1.54, 1.807) is 12.1 Å². The fourth-order valence-electron chi connectivity index (χ4n) is 7.46. The second-order valence-corrected chi connectivity index (χ2v) is 11.6. The summed E-state index contributed by atoms with van der Waals surface area (Å²) in [5, 5.41) is 3.11. The van der Waals surface area contributed by atoms with Gasteiger partial charge in [-0.25, -0.2) is 0 Å². The van der Waals surface area contributed by atoms with Crippen LogP contribution in [0.1, 0.15) is 57.7 Å². The summed E-state index contributed by atoms with van der Waals surface area (Å²) < 4.78 is 0. The highest BCUT2D eigenvalue weighted by atomic mass is 16.2. The van der Waals surface area contributed by atoms with Crippen LogP contribution < -0.4 is 10.2 Å². The Morgan fingerprint density at radius 1 is 0.810 bits per heavy atom. The second-order valence-electron chi connectivity index (χ2n) is 11.6. The minimum absolute atomic E-state index is 0.168. The summed E-state index contributed by atoms with van der Waals surface area (Å²) in [6.07, 6.45) is 4.02. The number of fused-ring (bicyclic) bond motifs is 6. The SMILES string of the molecule is CCCc1ccc(C(=O)[C@H]2[C@@H](C(=O)c3ccccc3)N3c4ccccc4C(C)=C[C@@H]3[C@]23C(=O)Nc2ccccc23)cc1. The molecular formula is C37H32N2O3. The van der Waals surface area contributed by atoms with Crippen molar-refractivity contribution in [2.45, 2.75) is 44.2 Å². The molecule has 1 saturated heterocycles. The van der Waals surface area contributed by atoms with Crippen LogP contribution in [-0.4, -0.2) is 29.6 Å². The highest BCUT2D eigenvalue weighted by Gasteiger charge is 2.70. The molecule has 4 atom stereocenters. The lowest BCUT2D eigenvalue weighted by Gasteiger charge is -2.39. The van der Waals surface area contributed by atoms with Gasteiger partial charge in [0.2, 0.25) is 5.91 Å². The van der Waals surface area contributed by atoms with Crippen molar-refractivity contribution in [2.24, 2.45) is 5.92 Å². The van der Waals surface area contributed by atoms with E-state index in [-0.39, 0.29) is 17.5 Å². The van der Waals surface area contributed by atoms with Crippen LogP contribution in [0, 0.1) is 5.92 Å². The number of hydrogen-bond acceptors (Lipinski definition) is 4. The lowest BCUT2D eigenvalue weighted by Crippen LogP contribution is -2.51. The van der Waals surface area contributed by atoms with E-state index in [0.29, 0.717) is 16.8 Å². The molecule has 3 aliphatic heterocycles. The number of carbonyl (C=O) groups is 3. The number of Topliss-reactive ketones (excluding diaryl/α,β-unsaturated/α-hetero) is 2. The second kappa shape index (κ2) is 9.95. The van der Waals surface area contributed by atoms with E-state index >= 15 is 0 Å². The van der Waals surface area contributed by atoms with Gasteiger partial charge >= 0.3 is 0 Å². The average Bonchev–Trinajstić information content (AvgIpc) is 3.49. The number of para-hydroxylation sites is 2. The Hall–Kier alpha value is -4.77. The number of aryl methyl sites for hydroxylation is 1. The zero-order valence-corrected chi connectivity index (χ0v) is 23.7. The Kier molecular flexibility index (Phi) is 6.19. The maximum absolute atomic E-state index is 14.9. The molecule has 0 radical (unpaired) electrons.